The predicted molar refractivity (Wildman–Crippen MR) is 196 cm³/mol. The van der Waals surface area contributed by atoms with E-state index in [2.05, 4.69) is 4.90 Å². The third kappa shape index (κ3) is 6.78. The van der Waals surface area contributed by atoms with Crippen molar-refractivity contribution in [1.82, 2.24) is 14.7 Å². The molecule has 0 aromatic heterocycles. The van der Waals surface area contributed by atoms with Crippen LogP contribution in [0.3, 0.4) is 0 Å². The fourth-order valence-electron chi connectivity index (χ4n) is 9.08. The molecule has 2 amide bonds. The second-order valence-electron chi connectivity index (χ2n) is 15.2. The van der Waals surface area contributed by atoms with Gasteiger partial charge in [0.25, 0.3) is 0 Å². The highest BCUT2D eigenvalue weighted by Gasteiger charge is 2.53. The van der Waals surface area contributed by atoms with E-state index < -0.39 is 91.6 Å². The summed E-state index contributed by atoms with van der Waals surface area (Å²) in [6, 6.07) is 4.40. The van der Waals surface area contributed by atoms with Gasteiger partial charge in [0, 0.05) is 81.8 Å². The third-order valence-corrected chi connectivity index (χ3v) is 12.0. The SMILES string of the molecule is COc1cccc2c1C(=N)c1c(O)c3c(c(O)c1C2=O)C[C@@](O)(C(=O)COC(=O)N1CCCN(C(=O)CO)CC1)C[C@@H]3O[C@H]1C[C@H]2[C@@H](CO1)O[C@@H]1[C@@H](OC)OCCN12. The van der Waals surface area contributed by atoms with Gasteiger partial charge in [-0.15, -0.1) is 0 Å². The monoisotopic (exact) mass is 810 g/mol. The first kappa shape index (κ1) is 40.1. The van der Waals surface area contributed by atoms with Crippen molar-refractivity contribution >= 4 is 29.3 Å². The number of phenolic OH excluding ortho intramolecular Hbond substituents is 2. The Kier molecular flexibility index (Phi) is 10.9. The van der Waals surface area contributed by atoms with Crippen LogP contribution in [0.15, 0.2) is 18.2 Å². The van der Waals surface area contributed by atoms with Gasteiger partial charge in [0.2, 0.25) is 11.7 Å². The number of phenols is 2. The Balaban J connectivity index is 1.10. The summed E-state index contributed by atoms with van der Waals surface area (Å²) in [7, 11) is 2.91. The van der Waals surface area contributed by atoms with Crippen molar-refractivity contribution in [1.29, 1.82) is 5.41 Å². The largest absolute Gasteiger partial charge is 0.507 e. The molecule has 0 spiro atoms. The maximum absolute atomic E-state index is 14.0. The minimum atomic E-state index is -2.35. The number of nitrogens with one attached hydrogen (secondary N) is 1. The van der Waals surface area contributed by atoms with Crippen molar-refractivity contribution < 1.29 is 72.8 Å². The van der Waals surface area contributed by atoms with Crippen LogP contribution in [0.2, 0.25) is 0 Å². The van der Waals surface area contributed by atoms with Gasteiger partial charge < -0.3 is 63.4 Å². The van der Waals surface area contributed by atoms with Crippen LogP contribution < -0.4 is 4.74 Å². The summed E-state index contributed by atoms with van der Waals surface area (Å²) in [4.78, 5) is 58.0. The van der Waals surface area contributed by atoms with Gasteiger partial charge in [-0.1, -0.05) is 12.1 Å². The van der Waals surface area contributed by atoms with E-state index in [1.54, 1.807) is 12.1 Å². The van der Waals surface area contributed by atoms with E-state index in [-0.39, 0.29) is 89.6 Å². The van der Waals surface area contributed by atoms with Crippen LogP contribution in [0.5, 0.6) is 17.2 Å². The van der Waals surface area contributed by atoms with Crippen LogP contribution >= 0.6 is 0 Å². The van der Waals surface area contributed by atoms with Gasteiger partial charge in [-0.2, -0.15) is 0 Å². The van der Waals surface area contributed by atoms with E-state index in [4.69, 9.17) is 38.6 Å². The minimum absolute atomic E-state index is 0.0368. The molecule has 2 aliphatic carbocycles. The highest BCUT2D eigenvalue weighted by molar-refractivity contribution is 6.32. The first-order chi connectivity index (χ1) is 27.9. The first-order valence-corrected chi connectivity index (χ1v) is 19.2. The van der Waals surface area contributed by atoms with E-state index in [0.717, 1.165) is 0 Å². The number of ketones is 2. The minimum Gasteiger partial charge on any atom is -0.507 e. The molecule has 2 aromatic rings. The zero-order valence-electron chi connectivity index (χ0n) is 32.0. The van der Waals surface area contributed by atoms with Gasteiger partial charge >= 0.3 is 6.09 Å². The molecule has 5 N–H and O–H groups in total. The van der Waals surface area contributed by atoms with Gasteiger partial charge in [0.15, 0.2) is 31.2 Å². The van der Waals surface area contributed by atoms with Gasteiger partial charge in [-0.25, -0.2) is 4.79 Å². The molecule has 4 fully saturated rings. The number of rotatable bonds is 8. The molecule has 0 unspecified atom stereocenters. The Morgan fingerprint density at radius 2 is 1.78 bits per heavy atom. The van der Waals surface area contributed by atoms with Crippen molar-refractivity contribution in [3.63, 3.8) is 0 Å². The van der Waals surface area contributed by atoms with Crippen molar-refractivity contribution in [2.45, 2.75) is 68.3 Å². The molecule has 0 saturated carbocycles. The van der Waals surface area contributed by atoms with Crippen molar-refractivity contribution in [2.24, 2.45) is 0 Å². The second-order valence-corrected chi connectivity index (χ2v) is 15.2. The summed E-state index contributed by atoms with van der Waals surface area (Å²) < 4.78 is 40.9. The van der Waals surface area contributed by atoms with Gasteiger partial charge in [0.1, 0.15) is 29.5 Å². The van der Waals surface area contributed by atoms with Crippen molar-refractivity contribution in [3.05, 3.63) is 51.6 Å². The second kappa shape index (κ2) is 15.8. The lowest BCUT2D eigenvalue weighted by Gasteiger charge is -2.42. The lowest BCUT2D eigenvalue weighted by molar-refractivity contribution is -0.246. The Morgan fingerprint density at radius 3 is 2.53 bits per heavy atom. The summed E-state index contributed by atoms with van der Waals surface area (Å²) in [5.74, 6) is -3.11. The predicted octanol–water partition coefficient (Wildman–Crippen LogP) is 0.179. The Labute approximate surface area is 332 Å². The molecule has 0 radical (unpaired) electrons. The number of carbonyl (C=O) groups is 4. The Morgan fingerprint density at radius 1 is 1.00 bits per heavy atom. The number of ether oxygens (including phenoxy) is 7. The fourth-order valence-corrected chi connectivity index (χ4v) is 9.08. The molecule has 312 valence electrons. The molecule has 6 aliphatic rings. The molecular formula is C39H46N4O15. The lowest BCUT2D eigenvalue weighted by atomic mass is 9.71. The quantitative estimate of drug-likeness (QED) is 0.191. The number of hydrogen-bond donors (Lipinski definition) is 5. The van der Waals surface area contributed by atoms with E-state index in [1.807, 2.05) is 0 Å². The Bertz CT molecular complexity index is 2030. The summed E-state index contributed by atoms with van der Waals surface area (Å²) in [6.45, 7) is 0.315. The number of nitrogens with zero attached hydrogens (tertiary/aromatic N) is 3. The van der Waals surface area contributed by atoms with E-state index in [0.29, 0.717) is 26.1 Å². The van der Waals surface area contributed by atoms with Crippen LogP contribution in [0.25, 0.3) is 0 Å². The van der Waals surface area contributed by atoms with E-state index in [9.17, 15) is 39.6 Å². The molecule has 0 bridgehead atoms. The number of morpholine rings is 1. The molecule has 7 atom stereocenters. The molecule has 4 saturated heterocycles. The third-order valence-electron chi connectivity index (χ3n) is 12.0. The fraction of sp³-hybridized carbons (Fsp3) is 0.564. The number of carbonyl (C=O) groups excluding carboxylic acids is 4. The topological polar surface area (TPSA) is 247 Å². The van der Waals surface area contributed by atoms with Crippen LogP contribution in [0, 0.1) is 5.41 Å². The molecule has 2 aromatic carbocycles. The molecule has 58 heavy (non-hydrogen) atoms. The van der Waals surface area contributed by atoms with Gasteiger partial charge in [0.05, 0.1) is 54.9 Å². The van der Waals surface area contributed by atoms with Crippen LogP contribution in [-0.4, -0.2) is 174 Å². The molecule has 4 aliphatic heterocycles. The number of fused-ring (bicyclic) bond motifs is 6. The number of amides is 2. The number of benzene rings is 2. The summed E-state index contributed by atoms with van der Waals surface area (Å²) in [6.07, 6.45) is -5.02. The molecular weight excluding hydrogens is 764 g/mol. The first-order valence-electron chi connectivity index (χ1n) is 19.2. The number of aliphatic hydroxyl groups is 2. The van der Waals surface area contributed by atoms with Gasteiger partial charge in [-0.3, -0.25) is 24.7 Å². The number of Topliss-reactive ketones (excluding diaryl/α,β-unsaturated/α-hetero) is 1. The number of aromatic hydroxyl groups is 2. The van der Waals surface area contributed by atoms with Crippen LogP contribution in [0.1, 0.15) is 63.5 Å². The zero-order valence-corrected chi connectivity index (χ0v) is 32.0. The number of methoxy groups -OCH3 is 2. The maximum atomic E-state index is 14.0. The Hall–Kier alpha value is -4.73. The molecule has 8 rings (SSSR count). The van der Waals surface area contributed by atoms with Gasteiger partial charge in [-0.05, 0) is 12.5 Å². The lowest BCUT2D eigenvalue weighted by Crippen LogP contribution is -2.54. The summed E-state index contributed by atoms with van der Waals surface area (Å²) >= 11 is 0. The molecule has 19 nitrogen and oxygen atoms in total. The zero-order chi connectivity index (χ0) is 41.0. The van der Waals surface area contributed by atoms with E-state index >= 15 is 0 Å². The van der Waals surface area contributed by atoms with E-state index in [1.165, 1.54) is 30.1 Å². The number of aliphatic hydroxyl groups excluding tert-OH is 1. The standard InChI is InChI=1S/C39H46N4O15/c1-52-22-6-3-5-19-28(22)32(40)30-31(33(19)47)34(48)20-14-39(51,25(45)18-56-38(50)42-8-4-7-41(9-10-42)26(46)16-44)15-23(29(20)35(30)49)57-27-13-21-24(17-55-27)58-36-37(53-2)54-12-11-43(21)36/h3,5-6,21,23-24,27,36-37,40,44,48-49,51H,4,7-18H2,1-2H3/t21-,23-,24+,27-,36+,37-,39-/m0/s1. The normalized spacial score (nSPS) is 29.4. The molecule has 19 heteroatoms. The summed E-state index contributed by atoms with van der Waals surface area (Å²) in [5.41, 5.74) is -3.30. The van der Waals surface area contributed by atoms with Crippen LogP contribution in [-0.2, 0) is 44.4 Å². The smallest absolute Gasteiger partial charge is 0.410 e. The van der Waals surface area contributed by atoms with Crippen LogP contribution in [0.4, 0.5) is 4.79 Å². The molecule has 4 heterocycles. The average molecular weight is 811 g/mol. The summed E-state index contributed by atoms with van der Waals surface area (Å²) in [5, 5.41) is 54.5. The van der Waals surface area contributed by atoms with Crippen molar-refractivity contribution in [3.8, 4) is 17.2 Å². The number of hydrogen-bond acceptors (Lipinski definition) is 17. The maximum Gasteiger partial charge on any atom is 0.410 e. The highest BCUT2D eigenvalue weighted by Crippen LogP contribution is 2.53. The average Bonchev–Trinajstić information content (AvgIpc) is 3.41. The van der Waals surface area contributed by atoms with Crippen molar-refractivity contribution in [2.75, 3.05) is 73.4 Å². The highest BCUT2D eigenvalue weighted by atomic mass is 16.7.